The van der Waals surface area contributed by atoms with Crippen molar-refractivity contribution < 1.29 is 9.90 Å². The second-order valence-corrected chi connectivity index (χ2v) is 3.24. The average Bonchev–Trinajstić information content (AvgIpc) is 2.44. The van der Waals surface area contributed by atoms with E-state index in [1.807, 2.05) is 0 Å². The first-order valence-corrected chi connectivity index (χ1v) is 3.74. The Balaban J connectivity index is 2.08. The lowest BCUT2D eigenvalue weighted by Gasteiger charge is -2.19. The van der Waals surface area contributed by atoms with Crippen molar-refractivity contribution in [3.63, 3.8) is 0 Å². The number of carboxylic acids is 1. The molecule has 0 radical (unpaired) electrons. The van der Waals surface area contributed by atoms with Crippen molar-refractivity contribution in [3.8, 4) is 0 Å². The number of nitrogens with zero attached hydrogens (tertiary/aromatic N) is 1. The van der Waals surface area contributed by atoms with E-state index >= 15 is 0 Å². The zero-order chi connectivity index (χ0) is 7.14. The summed E-state index contributed by atoms with van der Waals surface area (Å²) in [6.45, 7) is 2.03. The largest absolute Gasteiger partial charge is 0.480 e. The van der Waals surface area contributed by atoms with Crippen LogP contribution in [0.2, 0.25) is 0 Å². The molecule has 0 aliphatic carbocycles. The number of rotatable bonds is 1. The van der Waals surface area contributed by atoms with E-state index in [2.05, 4.69) is 4.90 Å². The van der Waals surface area contributed by atoms with E-state index in [0.29, 0.717) is 5.92 Å². The fraction of sp³-hybridized carbons (Fsp3) is 0.857. The zero-order valence-electron chi connectivity index (χ0n) is 5.79. The monoisotopic (exact) mass is 141 g/mol. The molecule has 2 fully saturated rings. The third-order valence-electron chi connectivity index (χ3n) is 2.60. The van der Waals surface area contributed by atoms with Gasteiger partial charge in [0.1, 0.15) is 6.04 Å². The minimum Gasteiger partial charge on any atom is -0.480 e. The second kappa shape index (κ2) is 1.95. The van der Waals surface area contributed by atoms with Gasteiger partial charge in [-0.3, -0.25) is 9.69 Å². The van der Waals surface area contributed by atoms with Crippen molar-refractivity contribution in [2.24, 2.45) is 5.92 Å². The number of carboxylic acid groups (broad SMARTS) is 1. The van der Waals surface area contributed by atoms with Crippen LogP contribution in [0.3, 0.4) is 0 Å². The molecule has 56 valence electrons. The minimum absolute atomic E-state index is 0.154. The van der Waals surface area contributed by atoms with Gasteiger partial charge < -0.3 is 5.11 Å². The van der Waals surface area contributed by atoms with Crippen LogP contribution in [0.15, 0.2) is 0 Å². The Morgan fingerprint density at radius 2 is 2.40 bits per heavy atom. The molecule has 0 aromatic rings. The summed E-state index contributed by atoms with van der Waals surface area (Å²) in [5.74, 6) is 0.0447. The van der Waals surface area contributed by atoms with Crippen LogP contribution in [-0.4, -0.2) is 35.1 Å². The summed E-state index contributed by atoms with van der Waals surface area (Å²) >= 11 is 0. The summed E-state index contributed by atoms with van der Waals surface area (Å²) in [7, 11) is 0. The van der Waals surface area contributed by atoms with Crippen LogP contribution in [0.5, 0.6) is 0 Å². The highest BCUT2D eigenvalue weighted by molar-refractivity contribution is 5.74. The van der Waals surface area contributed by atoms with Gasteiger partial charge in [-0.2, -0.15) is 0 Å². The number of hydrogen-bond acceptors (Lipinski definition) is 2. The molecule has 3 nitrogen and oxygen atoms in total. The molecule has 10 heavy (non-hydrogen) atoms. The Kier molecular flexibility index (Phi) is 1.20. The van der Waals surface area contributed by atoms with Gasteiger partial charge in [0.15, 0.2) is 0 Å². The summed E-state index contributed by atoms with van der Waals surface area (Å²) in [6, 6.07) is -0.154. The molecule has 2 heterocycles. The summed E-state index contributed by atoms with van der Waals surface area (Å²) in [5.41, 5.74) is 0. The van der Waals surface area contributed by atoms with Gasteiger partial charge in [0, 0.05) is 6.54 Å². The van der Waals surface area contributed by atoms with Crippen LogP contribution >= 0.6 is 0 Å². The summed E-state index contributed by atoms with van der Waals surface area (Å²) in [6.07, 6.45) is 2.10. The number of fused-ring (bicyclic) bond motifs is 2. The molecule has 0 aromatic carbocycles. The first-order valence-electron chi connectivity index (χ1n) is 3.74. The van der Waals surface area contributed by atoms with E-state index in [1.54, 1.807) is 0 Å². The summed E-state index contributed by atoms with van der Waals surface area (Å²) in [4.78, 5) is 12.6. The smallest absolute Gasteiger partial charge is 0.320 e. The van der Waals surface area contributed by atoms with Crippen LogP contribution in [0.1, 0.15) is 12.8 Å². The van der Waals surface area contributed by atoms with Crippen molar-refractivity contribution in [2.45, 2.75) is 18.9 Å². The number of carbonyl (C=O) groups is 1. The molecule has 2 rings (SSSR count). The van der Waals surface area contributed by atoms with E-state index < -0.39 is 5.97 Å². The topological polar surface area (TPSA) is 40.5 Å². The van der Waals surface area contributed by atoms with Crippen molar-refractivity contribution in [1.82, 2.24) is 4.90 Å². The van der Waals surface area contributed by atoms with Crippen LogP contribution in [-0.2, 0) is 4.79 Å². The van der Waals surface area contributed by atoms with Gasteiger partial charge in [0.25, 0.3) is 0 Å². The maximum Gasteiger partial charge on any atom is 0.320 e. The molecule has 2 bridgehead atoms. The predicted molar refractivity (Wildman–Crippen MR) is 35.7 cm³/mol. The highest BCUT2D eigenvalue weighted by Crippen LogP contribution is 2.32. The van der Waals surface area contributed by atoms with E-state index in [0.717, 1.165) is 19.5 Å². The molecule has 0 amide bonds. The molecular weight excluding hydrogens is 130 g/mol. The van der Waals surface area contributed by atoms with Crippen molar-refractivity contribution in [2.75, 3.05) is 13.1 Å². The number of hydrogen-bond donors (Lipinski definition) is 1. The maximum absolute atomic E-state index is 10.5. The lowest BCUT2D eigenvalue weighted by atomic mass is 10.0. The second-order valence-electron chi connectivity index (χ2n) is 3.24. The number of aliphatic carboxylic acids is 1. The molecule has 3 heteroatoms. The first kappa shape index (κ1) is 6.16. The Bertz CT molecular complexity index is 169. The quantitative estimate of drug-likeness (QED) is 0.565. The summed E-state index contributed by atoms with van der Waals surface area (Å²) in [5, 5.41) is 8.69. The van der Waals surface area contributed by atoms with Gasteiger partial charge in [-0.25, -0.2) is 0 Å². The highest BCUT2D eigenvalue weighted by atomic mass is 16.4. The molecule has 1 unspecified atom stereocenters. The van der Waals surface area contributed by atoms with Crippen LogP contribution in [0.4, 0.5) is 0 Å². The molecule has 1 N–H and O–H groups in total. The first-order chi connectivity index (χ1) is 4.77. The minimum atomic E-state index is -0.637. The van der Waals surface area contributed by atoms with Crippen LogP contribution in [0, 0.1) is 5.92 Å². The lowest BCUT2D eigenvalue weighted by Crippen LogP contribution is -2.36. The Labute approximate surface area is 59.6 Å². The van der Waals surface area contributed by atoms with Gasteiger partial charge in [-0.05, 0) is 25.3 Å². The third-order valence-corrected chi connectivity index (χ3v) is 2.60. The Morgan fingerprint density at radius 1 is 1.60 bits per heavy atom. The molecule has 2 aliphatic heterocycles. The van der Waals surface area contributed by atoms with Gasteiger partial charge in [-0.1, -0.05) is 0 Å². The van der Waals surface area contributed by atoms with Crippen molar-refractivity contribution in [1.29, 1.82) is 0 Å². The molecule has 0 saturated carbocycles. The van der Waals surface area contributed by atoms with Gasteiger partial charge >= 0.3 is 5.97 Å². The summed E-state index contributed by atoms with van der Waals surface area (Å²) < 4.78 is 0. The highest BCUT2D eigenvalue weighted by Gasteiger charge is 2.40. The van der Waals surface area contributed by atoms with Crippen LogP contribution in [0.25, 0.3) is 0 Å². The Hall–Kier alpha value is -0.570. The molecule has 2 aliphatic rings. The van der Waals surface area contributed by atoms with E-state index in [-0.39, 0.29) is 6.04 Å². The SMILES string of the molecule is O=C(O)[C@@H]1C[C@H]2CCN1C2. The number of piperidine rings is 1. The molecule has 2 saturated heterocycles. The Morgan fingerprint density at radius 3 is 2.70 bits per heavy atom. The predicted octanol–water partition coefficient (Wildman–Crippen LogP) is 0.165. The fourth-order valence-electron chi connectivity index (χ4n) is 2.06. The molecule has 0 aromatic heterocycles. The lowest BCUT2D eigenvalue weighted by molar-refractivity contribution is -0.142. The van der Waals surface area contributed by atoms with Crippen LogP contribution < -0.4 is 0 Å². The fourth-order valence-corrected chi connectivity index (χ4v) is 2.06. The molecular formula is C7H11NO2. The van der Waals surface area contributed by atoms with Gasteiger partial charge in [0.05, 0.1) is 0 Å². The van der Waals surface area contributed by atoms with Crippen molar-refractivity contribution >= 4 is 5.97 Å². The standard InChI is InChI=1S/C7H11NO2/c9-7(10)6-3-5-1-2-8(6)4-5/h5-6H,1-4H2,(H,9,10)/t5-,6+/m1/s1. The van der Waals surface area contributed by atoms with E-state index in [1.165, 1.54) is 6.42 Å². The van der Waals surface area contributed by atoms with Gasteiger partial charge in [0.2, 0.25) is 0 Å². The van der Waals surface area contributed by atoms with E-state index in [9.17, 15) is 4.79 Å². The normalized spacial score (nSPS) is 44.2. The third kappa shape index (κ3) is 0.736. The van der Waals surface area contributed by atoms with E-state index in [4.69, 9.17) is 5.11 Å². The zero-order valence-corrected chi connectivity index (χ0v) is 5.79. The average molecular weight is 141 g/mol. The molecule has 0 spiro atoms. The van der Waals surface area contributed by atoms with Crippen molar-refractivity contribution in [3.05, 3.63) is 0 Å². The molecule has 3 atom stereocenters. The van der Waals surface area contributed by atoms with Gasteiger partial charge in [-0.15, -0.1) is 0 Å². The maximum atomic E-state index is 10.5.